The first-order valence-corrected chi connectivity index (χ1v) is 15.0. The van der Waals surface area contributed by atoms with E-state index in [9.17, 15) is 4.79 Å². The fraction of sp³-hybridized carbons (Fsp3) is 0.966. The summed E-state index contributed by atoms with van der Waals surface area (Å²) < 4.78 is 30.1. The summed E-state index contributed by atoms with van der Waals surface area (Å²) in [7, 11) is 0. The molecule has 0 bridgehead atoms. The second-order valence-corrected chi connectivity index (χ2v) is 11.8. The topological polar surface area (TPSA) is 63.2 Å². The molecule has 5 rings (SSSR count). The van der Waals surface area contributed by atoms with Gasteiger partial charge in [0.05, 0.1) is 18.1 Å². The number of ether oxygens (including phenoxy) is 5. The minimum atomic E-state index is -0.0217. The summed E-state index contributed by atoms with van der Waals surface area (Å²) in [6, 6.07) is 0. The van der Waals surface area contributed by atoms with Crippen molar-refractivity contribution in [1.29, 1.82) is 0 Å². The van der Waals surface area contributed by atoms with Gasteiger partial charge in [-0.1, -0.05) is 12.8 Å². The Hall–Kier alpha value is -0.690. The van der Waals surface area contributed by atoms with E-state index in [1.165, 1.54) is 38.5 Å². The molecule has 0 aromatic rings. The van der Waals surface area contributed by atoms with Crippen LogP contribution in [0.25, 0.3) is 0 Å². The van der Waals surface area contributed by atoms with E-state index in [0.717, 1.165) is 90.3 Å². The minimum Gasteiger partial charge on any atom is -0.462 e. The highest BCUT2D eigenvalue weighted by Crippen LogP contribution is 2.43. The molecule has 0 spiro atoms. The molecule has 4 atom stereocenters. The molecule has 6 nitrogen and oxygen atoms in total. The number of carbonyl (C=O) groups excluding carboxylic acids is 1. The molecule has 2 saturated heterocycles. The van der Waals surface area contributed by atoms with E-state index in [-0.39, 0.29) is 36.7 Å². The Morgan fingerprint density at radius 1 is 0.543 bits per heavy atom. The van der Waals surface area contributed by atoms with Gasteiger partial charge in [-0.15, -0.1) is 0 Å². The van der Waals surface area contributed by atoms with Gasteiger partial charge in [-0.05, 0) is 115 Å². The van der Waals surface area contributed by atoms with E-state index in [1.807, 2.05) is 0 Å². The van der Waals surface area contributed by atoms with Crippen molar-refractivity contribution in [3.8, 4) is 0 Å². The van der Waals surface area contributed by atoms with E-state index in [2.05, 4.69) is 0 Å². The molecular weight excluding hydrogens is 444 g/mol. The number of rotatable bonds is 7. The Balaban J connectivity index is 1.05. The van der Waals surface area contributed by atoms with Gasteiger partial charge in [-0.3, -0.25) is 4.79 Å². The van der Waals surface area contributed by atoms with Crippen molar-refractivity contribution < 1.29 is 28.5 Å². The summed E-state index contributed by atoms with van der Waals surface area (Å²) in [6.45, 7) is 1.67. The lowest BCUT2D eigenvalue weighted by atomic mass is 9.67. The molecule has 6 heteroatoms. The molecule has 0 amide bonds. The predicted molar refractivity (Wildman–Crippen MR) is 133 cm³/mol. The Labute approximate surface area is 212 Å². The number of hydrogen-bond acceptors (Lipinski definition) is 6. The van der Waals surface area contributed by atoms with Crippen LogP contribution in [0.1, 0.15) is 116 Å². The second kappa shape index (κ2) is 13.2. The third kappa shape index (κ3) is 7.43. The zero-order chi connectivity index (χ0) is 23.9. The lowest BCUT2D eigenvalue weighted by Gasteiger charge is -2.40. The normalized spacial score (nSPS) is 41.3. The molecule has 2 heterocycles. The van der Waals surface area contributed by atoms with Crippen LogP contribution in [-0.2, 0) is 28.5 Å². The Morgan fingerprint density at radius 2 is 1.06 bits per heavy atom. The fourth-order valence-electron chi connectivity index (χ4n) is 7.27. The van der Waals surface area contributed by atoms with Gasteiger partial charge in [-0.2, -0.15) is 0 Å². The van der Waals surface area contributed by atoms with Crippen LogP contribution in [0.2, 0.25) is 0 Å². The van der Waals surface area contributed by atoms with E-state index in [4.69, 9.17) is 23.7 Å². The van der Waals surface area contributed by atoms with E-state index in [0.29, 0.717) is 17.9 Å². The second-order valence-electron chi connectivity index (χ2n) is 11.8. The van der Waals surface area contributed by atoms with Crippen molar-refractivity contribution >= 4 is 5.97 Å². The quantitative estimate of drug-likeness (QED) is 0.389. The van der Waals surface area contributed by atoms with Gasteiger partial charge in [0.25, 0.3) is 0 Å². The molecule has 5 fully saturated rings. The summed E-state index contributed by atoms with van der Waals surface area (Å²) in [5.74, 6) is 1.31. The van der Waals surface area contributed by atoms with Crippen molar-refractivity contribution in [3.63, 3.8) is 0 Å². The van der Waals surface area contributed by atoms with Gasteiger partial charge in [-0.25, -0.2) is 0 Å². The van der Waals surface area contributed by atoms with Crippen LogP contribution in [0.3, 0.4) is 0 Å². The van der Waals surface area contributed by atoms with Gasteiger partial charge in [0.2, 0.25) is 0 Å². The van der Waals surface area contributed by atoms with E-state index in [1.54, 1.807) is 0 Å². The van der Waals surface area contributed by atoms with Crippen molar-refractivity contribution in [3.05, 3.63) is 0 Å². The smallest absolute Gasteiger partial charge is 0.309 e. The van der Waals surface area contributed by atoms with Gasteiger partial charge in [0.15, 0.2) is 12.6 Å². The van der Waals surface area contributed by atoms with Crippen molar-refractivity contribution in [2.24, 2.45) is 17.8 Å². The largest absolute Gasteiger partial charge is 0.462 e. The number of hydrogen-bond donors (Lipinski definition) is 0. The first kappa shape index (κ1) is 25.9. The van der Waals surface area contributed by atoms with E-state index >= 15 is 0 Å². The average Bonchev–Trinajstić information content (AvgIpc) is 2.91. The lowest BCUT2D eigenvalue weighted by Crippen LogP contribution is -2.39. The molecule has 0 aromatic carbocycles. The maximum atomic E-state index is 13.3. The third-order valence-corrected chi connectivity index (χ3v) is 9.31. The summed E-state index contributed by atoms with van der Waals surface area (Å²) in [6.07, 6.45) is 20.4. The highest BCUT2D eigenvalue weighted by Gasteiger charge is 2.40. The standard InChI is InChI=1S/C29H48O6/c30-29(35-24-17-15-23(16-18-24)34-28-10-4-6-20-32-28)26-8-2-1-7-25(26)21-11-13-22(14-12-21)33-27-9-3-5-19-31-27/h21-28H,1-20H2. The third-order valence-electron chi connectivity index (χ3n) is 9.31. The molecule has 0 aromatic heterocycles. The van der Waals surface area contributed by atoms with Gasteiger partial charge in [0.1, 0.15) is 6.10 Å². The average molecular weight is 493 g/mol. The van der Waals surface area contributed by atoms with Crippen molar-refractivity contribution in [2.75, 3.05) is 13.2 Å². The summed E-state index contributed by atoms with van der Waals surface area (Å²) in [4.78, 5) is 13.3. The first-order chi connectivity index (χ1) is 17.2. The van der Waals surface area contributed by atoms with Gasteiger partial charge in [0, 0.05) is 13.2 Å². The molecule has 2 aliphatic heterocycles. The van der Waals surface area contributed by atoms with Gasteiger partial charge < -0.3 is 23.7 Å². The van der Waals surface area contributed by atoms with Crippen LogP contribution in [0.4, 0.5) is 0 Å². The zero-order valence-electron chi connectivity index (χ0n) is 21.7. The Kier molecular flexibility index (Phi) is 9.79. The predicted octanol–water partition coefficient (Wildman–Crippen LogP) is 6.29. The number of carbonyl (C=O) groups is 1. The van der Waals surface area contributed by atoms with Crippen LogP contribution in [0, 0.1) is 17.8 Å². The lowest BCUT2D eigenvalue weighted by molar-refractivity contribution is -0.199. The molecule has 35 heavy (non-hydrogen) atoms. The summed E-state index contributed by atoms with van der Waals surface area (Å²) in [5.41, 5.74) is 0. The van der Waals surface area contributed by atoms with Crippen LogP contribution in [-0.4, -0.2) is 50.1 Å². The molecule has 3 saturated carbocycles. The summed E-state index contributed by atoms with van der Waals surface area (Å²) >= 11 is 0. The van der Waals surface area contributed by atoms with Gasteiger partial charge >= 0.3 is 5.97 Å². The van der Waals surface area contributed by atoms with Crippen molar-refractivity contribution in [2.45, 2.75) is 146 Å². The van der Waals surface area contributed by atoms with E-state index < -0.39 is 0 Å². The summed E-state index contributed by atoms with van der Waals surface area (Å²) in [5, 5.41) is 0. The SMILES string of the molecule is O=C(OC1CCC(OC2CCCCO2)CC1)C1CCCCC1C1CCC(OC2CCCCO2)CC1. The highest BCUT2D eigenvalue weighted by atomic mass is 16.7. The Bertz CT molecular complexity index is 627. The molecule has 3 aliphatic carbocycles. The maximum absolute atomic E-state index is 13.3. The van der Waals surface area contributed by atoms with Crippen LogP contribution < -0.4 is 0 Å². The molecular formula is C29H48O6. The molecule has 4 unspecified atom stereocenters. The van der Waals surface area contributed by atoms with Crippen LogP contribution in [0.15, 0.2) is 0 Å². The highest BCUT2D eigenvalue weighted by molar-refractivity contribution is 5.73. The fourth-order valence-corrected chi connectivity index (χ4v) is 7.27. The maximum Gasteiger partial charge on any atom is 0.309 e. The Morgan fingerprint density at radius 3 is 1.63 bits per heavy atom. The monoisotopic (exact) mass is 492 g/mol. The van der Waals surface area contributed by atoms with Crippen LogP contribution in [0.5, 0.6) is 0 Å². The molecule has 0 N–H and O–H groups in total. The van der Waals surface area contributed by atoms with Crippen LogP contribution >= 0.6 is 0 Å². The first-order valence-electron chi connectivity index (χ1n) is 15.0. The molecule has 200 valence electrons. The van der Waals surface area contributed by atoms with Crippen molar-refractivity contribution in [1.82, 2.24) is 0 Å². The minimum absolute atomic E-state index is 0.0124. The molecule has 5 aliphatic rings. The zero-order valence-corrected chi connectivity index (χ0v) is 21.7. The molecule has 0 radical (unpaired) electrons. The number of esters is 1.